The van der Waals surface area contributed by atoms with E-state index in [1.54, 1.807) is 0 Å². The summed E-state index contributed by atoms with van der Waals surface area (Å²) in [5.74, 6) is 0.779. The van der Waals surface area contributed by atoms with Gasteiger partial charge in [-0.15, -0.1) is 0 Å². The van der Waals surface area contributed by atoms with E-state index in [4.69, 9.17) is 5.41 Å². The summed E-state index contributed by atoms with van der Waals surface area (Å²) in [6, 6.07) is 10.3. The number of likely N-dealkylation sites (tertiary alicyclic amines) is 1. The number of rotatable bonds is 2. The summed E-state index contributed by atoms with van der Waals surface area (Å²) in [5.41, 5.74) is 1.24. The highest BCUT2D eigenvalue weighted by Gasteiger charge is 2.13. The lowest BCUT2D eigenvalue weighted by molar-refractivity contribution is 0.336. The van der Waals surface area contributed by atoms with E-state index in [2.05, 4.69) is 17.0 Å². The first-order chi connectivity index (χ1) is 7.36. The fourth-order valence-corrected chi connectivity index (χ4v) is 2.06. The molecule has 1 heterocycles. The van der Waals surface area contributed by atoms with Gasteiger partial charge in [0.25, 0.3) is 0 Å². The van der Waals surface area contributed by atoms with Crippen LogP contribution in [0.25, 0.3) is 0 Å². The van der Waals surface area contributed by atoms with Crippen molar-refractivity contribution in [2.24, 2.45) is 0 Å². The molecule has 15 heavy (non-hydrogen) atoms. The van der Waals surface area contributed by atoms with Gasteiger partial charge in [0.2, 0.25) is 0 Å². The lowest BCUT2D eigenvalue weighted by Crippen LogP contribution is -2.36. The molecule has 1 N–H and O–H groups in total. The van der Waals surface area contributed by atoms with E-state index >= 15 is 0 Å². The first-order valence-corrected chi connectivity index (χ1v) is 5.72. The lowest BCUT2D eigenvalue weighted by Gasteiger charge is -2.29. The van der Waals surface area contributed by atoms with E-state index in [0.29, 0.717) is 0 Å². The van der Waals surface area contributed by atoms with Gasteiger partial charge in [-0.05, 0) is 24.8 Å². The van der Waals surface area contributed by atoms with Crippen molar-refractivity contribution in [1.29, 1.82) is 5.41 Å². The quantitative estimate of drug-likeness (QED) is 0.579. The molecule has 0 saturated carbocycles. The maximum absolute atomic E-state index is 8.05. The summed E-state index contributed by atoms with van der Waals surface area (Å²) >= 11 is 0. The molecular formula is C13H18N2. The molecule has 0 unspecified atom stereocenters. The Hall–Kier alpha value is -1.31. The SMILES string of the molecule is N=C(Cc1ccccc1)N1CCCCC1. The van der Waals surface area contributed by atoms with Gasteiger partial charge >= 0.3 is 0 Å². The standard InChI is InChI=1S/C13H18N2/c14-13(15-9-5-2-6-10-15)11-12-7-3-1-4-8-12/h1,3-4,7-8,14H,2,5-6,9-11H2. The number of benzene rings is 1. The second-order valence-electron chi connectivity index (χ2n) is 4.16. The molecule has 0 bridgehead atoms. The normalized spacial score (nSPS) is 16.4. The van der Waals surface area contributed by atoms with Gasteiger partial charge in [-0.1, -0.05) is 30.3 Å². The van der Waals surface area contributed by atoms with Crippen molar-refractivity contribution in [1.82, 2.24) is 4.90 Å². The molecule has 1 saturated heterocycles. The van der Waals surface area contributed by atoms with Crippen LogP contribution in [0.1, 0.15) is 24.8 Å². The highest BCUT2D eigenvalue weighted by Crippen LogP contribution is 2.11. The second kappa shape index (κ2) is 4.96. The molecule has 0 amide bonds. The number of amidine groups is 1. The predicted molar refractivity (Wildman–Crippen MR) is 63.3 cm³/mol. The molecule has 1 aliphatic heterocycles. The highest BCUT2D eigenvalue weighted by atomic mass is 15.2. The van der Waals surface area contributed by atoms with Crippen LogP contribution in [0.2, 0.25) is 0 Å². The van der Waals surface area contributed by atoms with Gasteiger partial charge in [0.05, 0.1) is 0 Å². The maximum atomic E-state index is 8.05. The van der Waals surface area contributed by atoms with Crippen LogP contribution in [0.15, 0.2) is 30.3 Å². The largest absolute Gasteiger partial charge is 0.360 e. The van der Waals surface area contributed by atoms with E-state index in [0.717, 1.165) is 25.3 Å². The molecule has 2 heteroatoms. The Bertz CT molecular complexity index is 313. The van der Waals surface area contributed by atoms with Crippen molar-refractivity contribution in [3.63, 3.8) is 0 Å². The Morgan fingerprint density at radius 2 is 1.73 bits per heavy atom. The fourth-order valence-electron chi connectivity index (χ4n) is 2.06. The second-order valence-corrected chi connectivity index (χ2v) is 4.16. The van der Waals surface area contributed by atoms with Gasteiger partial charge in [-0.3, -0.25) is 5.41 Å². The summed E-state index contributed by atoms with van der Waals surface area (Å²) < 4.78 is 0. The summed E-state index contributed by atoms with van der Waals surface area (Å²) in [4.78, 5) is 2.22. The molecule has 1 aromatic carbocycles. The predicted octanol–water partition coefficient (Wildman–Crippen LogP) is 2.69. The van der Waals surface area contributed by atoms with Gasteiger partial charge in [-0.2, -0.15) is 0 Å². The average Bonchev–Trinajstić information content (AvgIpc) is 2.31. The Morgan fingerprint density at radius 1 is 1.07 bits per heavy atom. The van der Waals surface area contributed by atoms with Crippen LogP contribution >= 0.6 is 0 Å². The van der Waals surface area contributed by atoms with Crippen molar-refractivity contribution in [2.75, 3.05) is 13.1 Å². The van der Waals surface area contributed by atoms with Gasteiger partial charge in [0.1, 0.15) is 5.84 Å². The minimum atomic E-state index is 0.779. The van der Waals surface area contributed by atoms with Crippen LogP contribution in [0, 0.1) is 5.41 Å². The number of piperidine rings is 1. The average molecular weight is 202 g/mol. The Labute approximate surface area is 91.4 Å². The topological polar surface area (TPSA) is 27.1 Å². The monoisotopic (exact) mass is 202 g/mol. The molecule has 0 aliphatic carbocycles. The van der Waals surface area contributed by atoms with Crippen LogP contribution in [0.3, 0.4) is 0 Å². The lowest BCUT2D eigenvalue weighted by atomic mass is 10.1. The molecule has 80 valence electrons. The molecule has 1 aromatic rings. The number of hydrogen-bond acceptors (Lipinski definition) is 1. The molecule has 1 fully saturated rings. The van der Waals surface area contributed by atoms with Gasteiger partial charge in [0.15, 0.2) is 0 Å². The number of nitrogens with zero attached hydrogens (tertiary/aromatic N) is 1. The molecule has 0 atom stereocenters. The third kappa shape index (κ3) is 2.82. The van der Waals surface area contributed by atoms with Crippen molar-refractivity contribution < 1.29 is 0 Å². The Balaban J connectivity index is 1.91. The van der Waals surface area contributed by atoms with Crippen molar-refractivity contribution >= 4 is 5.84 Å². The van der Waals surface area contributed by atoms with Crippen molar-refractivity contribution in [3.8, 4) is 0 Å². The zero-order chi connectivity index (χ0) is 10.5. The minimum Gasteiger partial charge on any atom is -0.360 e. The molecule has 0 radical (unpaired) electrons. The van der Waals surface area contributed by atoms with E-state index < -0.39 is 0 Å². The summed E-state index contributed by atoms with van der Waals surface area (Å²) in [7, 11) is 0. The number of nitrogens with one attached hydrogen (secondary N) is 1. The van der Waals surface area contributed by atoms with E-state index in [9.17, 15) is 0 Å². The van der Waals surface area contributed by atoms with Gasteiger partial charge < -0.3 is 4.90 Å². The van der Waals surface area contributed by atoms with E-state index in [-0.39, 0.29) is 0 Å². The molecule has 2 nitrogen and oxygen atoms in total. The molecule has 0 aromatic heterocycles. The van der Waals surface area contributed by atoms with Crippen molar-refractivity contribution in [3.05, 3.63) is 35.9 Å². The van der Waals surface area contributed by atoms with Crippen LogP contribution in [0.4, 0.5) is 0 Å². The summed E-state index contributed by atoms with van der Waals surface area (Å²) in [6.45, 7) is 2.15. The van der Waals surface area contributed by atoms with Crippen LogP contribution in [-0.2, 0) is 6.42 Å². The first-order valence-electron chi connectivity index (χ1n) is 5.72. The van der Waals surface area contributed by atoms with E-state index in [1.165, 1.54) is 24.8 Å². The van der Waals surface area contributed by atoms with Gasteiger partial charge in [0, 0.05) is 19.5 Å². The summed E-state index contributed by atoms with van der Waals surface area (Å²) in [5, 5.41) is 8.05. The molecule has 0 spiro atoms. The number of hydrogen-bond donors (Lipinski definition) is 1. The Morgan fingerprint density at radius 3 is 2.40 bits per heavy atom. The third-order valence-corrected chi connectivity index (χ3v) is 2.95. The Kier molecular flexibility index (Phi) is 3.38. The molecule has 1 aliphatic rings. The fraction of sp³-hybridized carbons (Fsp3) is 0.462. The molecular weight excluding hydrogens is 184 g/mol. The third-order valence-electron chi connectivity index (χ3n) is 2.95. The minimum absolute atomic E-state index is 0.779. The van der Waals surface area contributed by atoms with Crippen LogP contribution in [0.5, 0.6) is 0 Å². The highest BCUT2D eigenvalue weighted by molar-refractivity contribution is 5.81. The zero-order valence-corrected chi connectivity index (χ0v) is 9.08. The smallest absolute Gasteiger partial charge is 0.100 e. The van der Waals surface area contributed by atoms with Crippen molar-refractivity contribution in [2.45, 2.75) is 25.7 Å². The first kappa shape index (κ1) is 10.2. The van der Waals surface area contributed by atoms with Crippen LogP contribution in [-0.4, -0.2) is 23.8 Å². The zero-order valence-electron chi connectivity index (χ0n) is 9.08. The van der Waals surface area contributed by atoms with E-state index in [1.807, 2.05) is 18.2 Å². The van der Waals surface area contributed by atoms with Gasteiger partial charge in [-0.25, -0.2) is 0 Å². The van der Waals surface area contributed by atoms with Crippen LogP contribution < -0.4 is 0 Å². The summed E-state index contributed by atoms with van der Waals surface area (Å²) in [6.07, 6.45) is 4.60. The molecule has 2 rings (SSSR count). The maximum Gasteiger partial charge on any atom is 0.100 e.